The zero-order valence-electron chi connectivity index (χ0n) is 21.4. The molecule has 0 aliphatic rings. The molecule has 4 N–H and O–H groups in total. The van der Waals surface area contributed by atoms with E-state index in [4.69, 9.17) is 14.9 Å². The van der Waals surface area contributed by atoms with Gasteiger partial charge in [0.05, 0.1) is 17.1 Å². The number of carbonyl (C=O) groups excluding carboxylic acids is 2. The molecule has 0 fully saturated rings. The van der Waals surface area contributed by atoms with Gasteiger partial charge >= 0.3 is 6.09 Å². The molecule has 196 valence electrons. The van der Waals surface area contributed by atoms with Crippen molar-refractivity contribution in [2.45, 2.75) is 20.8 Å². The van der Waals surface area contributed by atoms with Crippen molar-refractivity contribution in [2.24, 2.45) is 0 Å². The number of aromatic nitrogens is 4. The van der Waals surface area contributed by atoms with Crippen molar-refractivity contribution < 1.29 is 18.7 Å². The van der Waals surface area contributed by atoms with Gasteiger partial charge in [-0.25, -0.2) is 19.4 Å². The Labute approximate surface area is 223 Å². The summed E-state index contributed by atoms with van der Waals surface area (Å²) < 4.78 is 12.7. The average Bonchev–Trinajstić information content (AvgIpc) is 3.49. The molecule has 0 spiro atoms. The van der Waals surface area contributed by atoms with Crippen LogP contribution < -0.4 is 21.1 Å². The van der Waals surface area contributed by atoms with E-state index in [9.17, 15) is 9.59 Å². The summed E-state index contributed by atoms with van der Waals surface area (Å²) >= 11 is 0. The first-order chi connectivity index (χ1) is 18.7. The predicted octanol–water partition coefficient (Wildman–Crippen LogP) is 5.29. The van der Waals surface area contributed by atoms with Crippen LogP contribution in [0.15, 0.2) is 77.2 Å². The zero-order valence-corrected chi connectivity index (χ0v) is 21.4. The second-order valence-electron chi connectivity index (χ2n) is 8.76. The lowest BCUT2D eigenvalue weighted by atomic mass is 10.2. The summed E-state index contributed by atoms with van der Waals surface area (Å²) in [5, 5.41) is 9.86. The number of amides is 2. The first-order valence-electron chi connectivity index (χ1n) is 12.0. The molecule has 3 heterocycles. The van der Waals surface area contributed by atoms with E-state index >= 15 is 0 Å². The molecule has 0 radical (unpaired) electrons. The third kappa shape index (κ3) is 5.77. The quantitative estimate of drug-likeness (QED) is 0.254. The number of furan rings is 1. The highest BCUT2D eigenvalue weighted by Crippen LogP contribution is 2.24. The van der Waals surface area contributed by atoms with Crippen LogP contribution in [0.1, 0.15) is 27.5 Å². The third-order valence-electron chi connectivity index (χ3n) is 5.67. The molecule has 0 aliphatic carbocycles. The maximum atomic E-state index is 12.7. The molecule has 2 amide bonds. The first-order valence-corrected chi connectivity index (χ1v) is 12.0. The predicted molar refractivity (Wildman–Crippen MR) is 146 cm³/mol. The second-order valence-corrected chi connectivity index (χ2v) is 8.76. The topological polar surface area (TPSA) is 150 Å². The molecule has 0 saturated carbocycles. The number of aryl methyl sites for hydroxylation is 3. The normalized spacial score (nSPS) is 10.7. The van der Waals surface area contributed by atoms with Gasteiger partial charge in [0.1, 0.15) is 17.3 Å². The van der Waals surface area contributed by atoms with Crippen LogP contribution >= 0.6 is 0 Å². The molecule has 0 aliphatic heterocycles. The van der Waals surface area contributed by atoms with E-state index in [1.165, 1.54) is 12.1 Å². The van der Waals surface area contributed by atoms with Crippen LogP contribution in [0.3, 0.4) is 0 Å². The van der Waals surface area contributed by atoms with Crippen molar-refractivity contribution in [3.05, 3.63) is 95.5 Å². The molecule has 0 unspecified atom stereocenters. The van der Waals surface area contributed by atoms with Gasteiger partial charge in [-0.3, -0.25) is 10.1 Å². The summed E-state index contributed by atoms with van der Waals surface area (Å²) in [4.78, 5) is 34.3. The van der Waals surface area contributed by atoms with Gasteiger partial charge in [0.2, 0.25) is 0 Å². The largest absolute Gasteiger partial charge is 0.458 e. The molecule has 5 rings (SSSR count). The van der Waals surface area contributed by atoms with E-state index in [0.29, 0.717) is 34.3 Å². The minimum atomic E-state index is -0.774. The Kier molecular flexibility index (Phi) is 6.79. The molecule has 11 nitrogen and oxygen atoms in total. The van der Waals surface area contributed by atoms with Gasteiger partial charge in [-0.15, -0.1) is 0 Å². The number of para-hydroxylation sites is 2. The molecular weight excluding hydrogens is 498 g/mol. The van der Waals surface area contributed by atoms with E-state index in [2.05, 4.69) is 25.7 Å². The van der Waals surface area contributed by atoms with E-state index in [1.54, 1.807) is 59.3 Å². The van der Waals surface area contributed by atoms with Crippen molar-refractivity contribution in [1.82, 2.24) is 19.7 Å². The standard InChI is InChI=1S/C28H25N7O4/c1-16-14-17(2)35(34-16)25-15-24(31-26(33-25)23-13-8-18(3)38-23)32-28(37)39-20-11-9-19(10-12-20)27(36)30-22-7-5-4-6-21(22)29/h4-15H,29H2,1-3H3,(H,30,36)(H,31,32,33,37). The van der Waals surface area contributed by atoms with Crippen LogP contribution in [-0.2, 0) is 0 Å². The maximum absolute atomic E-state index is 12.7. The monoisotopic (exact) mass is 523 g/mol. The molecule has 11 heteroatoms. The number of nitrogens with two attached hydrogens (primary N) is 1. The Morgan fingerprint density at radius 3 is 2.36 bits per heavy atom. The number of nitrogens with zero attached hydrogens (tertiary/aromatic N) is 4. The van der Waals surface area contributed by atoms with Gasteiger partial charge in [-0.05, 0) is 75.4 Å². The number of carbonyl (C=O) groups is 2. The Morgan fingerprint density at radius 2 is 1.69 bits per heavy atom. The Hall–Kier alpha value is -5.45. The molecule has 5 aromatic rings. The van der Waals surface area contributed by atoms with Gasteiger partial charge in [-0.2, -0.15) is 5.10 Å². The Bertz CT molecular complexity index is 1670. The lowest BCUT2D eigenvalue weighted by Crippen LogP contribution is -2.19. The van der Waals surface area contributed by atoms with Crippen molar-refractivity contribution in [3.63, 3.8) is 0 Å². The summed E-state index contributed by atoms with van der Waals surface area (Å²) in [5.74, 6) is 1.95. The summed E-state index contributed by atoms with van der Waals surface area (Å²) in [6, 6.07) is 20.1. The Balaban J connectivity index is 1.32. The minimum Gasteiger partial charge on any atom is -0.458 e. The summed E-state index contributed by atoms with van der Waals surface area (Å²) in [5.41, 5.74) is 8.90. The summed E-state index contributed by atoms with van der Waals surface area (Å²) in [6.07, 6.45) is -0.774. The van der Waals surface area contributed by atoms with Crippen LogP contribution in [0.25, 0.3) is 17.4 Å². The number of benzene rings is 2. The molecule has 2 aromatic carbocycles. The SMILES string of the molecule is Cc1cc(C)n(-c2cc(NC(=O)Oc3ccc(C(=O)Nc4ccccc4N)cc3)nc(-c3ccc(C)o3)n2)n1. The van der Waals surface area contributed by atoms with Crippen LogP contribution in [0.5, 0.6) is 5.75 Å². The minimum absolute atomic E-state index is 0.193. The fraction of sp³-hybridized carbons (Fsp3) is 0.107. The van der Waals surface area contributed by atoms with Gasteiger partial charge in [0.15, 0.2) is 17.4 Å². The third-order valence-corrected chi connectivity index (χ3v) is 5.67. The second kappa shape index (κ2) is 10.5. The Morgan fingerprint density at radius 1 is 0.923 bits per heavy atom. The van der Waals surface area contributed by atoms with Crippen molar-refractivity contribution in [2.75, 3.05) is 16.4 Å². The van der Waals surface area contributed by atoms with Crippen LogP contribution in [-0.4, -0.2) is 31.7 Å². The molecule has 3 aromatic heterocycles. The number of ether oxygens (including phenoxy) is 1. The maximum Gasteiger partial charge on any atom is 0.418 e. The summed E-state index contributed by atoms with van der Waals surface area (Å²) in [6.45, 7) is 5.60. The molecule has 39 heavy (non-hydrogen) atoms. The van der Waals surface area contributed by atoms with E-state index in [0.717, 1.165) is 11.4 Å². The van der Waals surface area contributed by atoms with E-state index < -0.39 is 6.09 Å². The zero-order chi connectivity index (χ0) is 27.5. The molecular formula is C28H25N7O4. The number of hydrogen-bond donors (Lipinski definition) is 3. The van der Waals surface area contributed by atoms with Crippen LogP contribution in [0, 0.1) is 20.8 Å². The van der Waals surface area contributed by atoms with E-state index in [1.807, 2.05) is 26.8 Å². The van der Waals surface area contributed by atoms with Gasteiger partial charge in [0.25, 0.3) is 5.91 Å². The first kappa shape index (κ1) is 25.2. The van der Waals surface area contributed by atoms with E-state index in [-0.39, 0.29) is 23.3 Å². The van der Waals surface area contributed by atoms with Gasteiger partial charge in [0, 0.05) is 17.3 Å². The van der Waals surface area contributed by atoms with Gasteiger partial charge in [-0.1, -0.05) is 12.1 Å². The average molecular weight is 524 g/mol. The number of nitrogens with one attached hydrogen (secondary N) is 2. The number of anilines is 3. The highest BCUT2D eigenvalue weighted by molar-refractivity contribution is 6.05. The van der Waals surface area contributed by atoms with Crippen LogP contribution in [0.4, 0.5) is 22.0 Å². The van der Waals surface area contributed by atoms with Crippen molar-refractivity contribution in [1.29, 1.82) is 0 Å². The molecule has 0 saturated heterocycles. The van der Waals surface area contributed by atoms with Crippen molar-refractivity contribution in [3.8, 4) is 23.2 Å². The summed E-state index contributed by atoms with van der Waals surface area (Å²) in [7, 11) is 0. The number of hydrogen-bond acceptors (Lipinski definition) is 8. The highest BCUT2D eigenvalue weighted by Gasteiger charge is 2.16. The lowest BCUT2D eigenvalue weighted by Gasteiger charge is -2.11. The fourth-order valence-electron chi connectivity index (χ4n) is 3.85. The van der Waals surface area contributed by atoms with Crippen molar-refractivity contribution >= 4 is 29.2 Å². The molecule has 0 atom stereocenters. The van der Waals surface area contributed by atoms with Crippen LogP contribution in [0.2, 0.25) is 0 Å². The fourth-order valence-corrected chi connectivity index (χ4v) is 3.85. The molecule has 0 bridgehead atoms. The number of nitrogen functional groups attached to an aromatic ring is 1. The van der Waals surface area contributed by atoms with Gasteiger partial charge < -0.3 is 20.2 Å². The lowest BCUT2D eigenvalue weighted by molar-refractivity contribution is 0.102. The number of rotatable bonds is 6. The highest BCUT2D eigenvalue weighted by atomic mass is 16.6. The smallest absolute Gasteiger partial charge is 0.418 e.